The van der Waals surface area contributed by atoms with Gasteiger partial charge >= 0.3 is 0 Å². The summed E-state index contributed by atoms with van der Waals surface area (Å²) >= 11 is 0. The van der Waals surface area contributed by atoms with E-state index in [4.69, 9.17) is 10.2 Å². The number of hydrogen-bond acceptors (Lipinski definition) is 4. The van der Waals surface area contributed by atoms with Crippen molar-refractivity contribution >= 4 is 38.7 Å². The standard InChI is InChI=1S/C19H22N4O2/c1-3-22(4-2)9-10-23-15-8-7-14(20)19-17(15)18(21-23)13-6-5-12(24)11-16(13)25-19/h5-8,11,21H,3-4,9-10,20H2,1-2H3. The second-order valence-electron chi connectivity index (χ2n) is 6.30. The summed E-state index contributed by atoms with van der Waals surface area (Å²) in [4.78, 5) is 14.1. The van der Waals surface area contributed by atoms with Crippen molar-refractivity contribution in [1.82, 2.24) is 14.7 Å². The molecule has 130 valence electrons. The molecule has 0 atom stereocenters. The van der Waals surface area contributed by atoms with E-state index in [-0.39, 0.29) is 5.43 Å². The van der Waals surface area contributed by atoms with Gasteiger partial charge in [-0.25, -0.2) is 0 Å². The highest BCUT2D eigenvalue weighted by molar-refractivity contribution is 6.17. The summed E-state index contributed by atoms with van der Waals surface area (Å²) in [5.74, 6) is 0. The van der Waals surface area contributed by atoms with Crippen LogP contribution >= 0.6 is 0 Å². The molecule has 25 heavy (non-hydrogen) atoms. The number of likely N-dealkylation sites (N-methyl/N-ethyl adjacent to an activating group) is 1. The van der Waals surface area contributed by atoms with Crippen molar-refractivity contribution in [2.75, 3.05) is 25.4 Å². The second kappa shape index (κ2) is 5.97. The molecular formula is C19H22N4O2. The molecule has 0 bridgehead atoms. The number of fused-ring (bicyclic) bond motifs is 2. The average molecular weight is 338 g/mol. The smallest absolute Gasteiger partial charge is 0.182 e. The van der Waals surface area contributed by atoms with Crippen LogP contribution < -0.4 is 11.2 Å². The van der Waals surface area contributed by atoms with Crippen molar-refractivity contribution in [3.8, 4) is 0 Å². The van der Waals surface area contributed by atoms with Gasteiger partial charge in [0.15, 0.2) is 11.0 Å². The van der Waals surface area contributed by atoms with Crippen LogP contribution in [0.15, 0.2) is 39.5 Å². The van der Waals surface area contributed by atoms with E-state index in [1.807, 2.05) is 18.2 Å². The van der Waals surface area contributed by atoms with Gasteiger partial charge in [0.2, 0.25) is 0 Å². The van der Waals surface area contributed by atoms with E-state index in [0.29, 0.717) is 16.9 Å². The van der Waals surface area contributed by atoms with E-state index in [1.165, 1.54) is 6.07 Å². The lowest BCUT2D eigenvalue weighted by atomic mass is 10.1. The second-order valence-corrected chi connectivity index (χ2v) is 6.30. The van der Waals surface area contributed by atoms with E-state index in [2.05, 4.69) is 28.5 Å². The molecule has 0 fully saturated rings. The lowest BCUT2D eigenvalue weighted by Gasteiger charge is -2.18. The first-order chi connectivity index (χ1) is 12.1. The minimum atomic E-state index is -0.0751. The molecule has 2 heterocycles. The van der Waals surface area contributed by atoms with Crippen LogP contribution in [-0.4, -0.2) is 34.3 Å². The normalized spacial score (nSPS) is 12.1. The predicted molar refractivity (Wildman–Crippen MR) is 102 cm³/mol. The Hall–Kier alpha value is -2.73. The zero-order valence-corrected chi connectivity index (χ0v) is 14.5. The first-order valence-electron chi connectivity index (χ1n) is 8.68. The largest absolute Gasteiger partial charge is 0.454 e. The minimum Gasteiger partial charge on any atom is -0.454 e. The van der Waals surface area contributed by atoms with Crippen LogP contribution in [0.3, 0.4) is 0 Å². The van der Waals surface area contributed by atoms with Crippen LogP contribution in [0.1, 0.15) is 13.8 Å². The molecule has 6 nitrogen and oxygen atoms in total. The summed E-state index contributed by atoms with van der Waals surface area (Å²) in [6.07, 6.45) is 0. The highest BCUT2D eigenvalue weighted by Gasteiger charge is 2.16. The molecule has 2 aromatic heterocycles. The Morgan fingerprint density at radius 3 is 2.76 bits per heavy atom. The van der Waals surface area contributed by atoms with E-state index < -0.39 is 0 Å². The van der Waals surface area contributed by atoms with Crippen molar-refractivity contribution in [1.29, 1.82) is 0 Å². The van der Waals surface area contributed by atoms with Gasteiger partial charge in [-0.05, 0) is 37.4 Å². The van der Waals surface area contributed by atoms with E-state index >= 15 is 0 Å². The van der Waals surface area contributed by atoms with E-state index in [0.717, 1.165) is 48.0 Å². The Morgan fingerprint density at radius 1 is 1.20 bits per heavy atom. The van der Waals surface area contributed by atoms with Crippen molar-refractivity contribution < 1.29 is 4.42 Å². The minimum absolute atomic E-state index is 0.0751. The number of nitrogen functional groups attached to an aromatic ring is 1. The number of benzene rings is 2. The topological polar surface area (TPSA) is 80.2 Å². The maximum Gasteiger partial charge on any atom is 0.182 e. The Bertz CT molecular complexity index is 1120. The number of aromatic amines is 1. The maximum atomic E-state index is 11.7. The van der Waals surface area contributed by atoms with Gasteiger partial charge in [0.25, 0.3) is 0 Å². The third-order valence-corrected chi connectivity index (χ3v) is 4.92. The van der Waals surface area contributed by atoms with Gasteiger partial charge in [-0.15, -0.1) is 0 Å². The molecule has 0 aliphatic carbocycles. The lowest BCUT2D eigenvalue weighted by molar-refractivity contribution is 0.287. The molecule has 0 spiro atoms. The van der Waals surface area contributed by atoms with Crippen molar-refractivity contribution in [2.45, 2.75) is 20.4 Å². The van der Waals surface area contributed by atoms with Gasteiger partial charge in [-0.3, -0.25) is 14.6 Å². The van der Waals surface area contributed by atoms with Crippen LogP contribution in [0.5, 0.6) is 0 Å². The first-order valence-corrected chi connectivity index (χ1v) is 8.68. The molecule has 0 aliphatic heterocycles. The van der Waals surface area contributed by atoms with E-state index in [9.17, 15) is 4.79 Å². The third kappa shape index (κ3) is 2.49. The number of anilines is 1. The highest BCUT2D eigenvalue weighted by atomic mass is 16.3. The van der Waals surface area contributed by atoms with E-state index in [1.54, 1.807) is 6.07 Å². The summed E-state index contributed by atoms with van der Waals surface area (Å²) < 4.78 is 8.11. The van der Waals surface area contributed by atoms with Gasteiger partial charge in [0.05, 0.1) is 28.7 Å². The lowest BCUT2D eigenvalue weighted by Crippen LogP contribution is -2.27. The Balaban J connectivity index is 1.96. The van der Waals surface area contributed by atoms with Crippen LogP contribution in [0.25, 0.3) is 33.0 Å². The zero-order chi connectivity index (χ0) is 17.6. The number of nitrogens with zero attached hydrogens (tertiary/aromatic N) is 2. The quantitative estimate of drug-likeness (QED) is 0.433. The summed E-state index contributed by atoms with van der Waals surface area (Å²) in [6.45, 7) is 8.20. The molecule has 4 rings (SSSR count). The molecule has 0 saturated carbocycles. The van der Waals surface area contributed by atoms with Crippen LogP contribution in [0.4, 0.5) is 5.69 Å². The Morgan fingerprint density at radius 2 is 2.00 bits per heavy atom. The maximum absolute atomic E-state index is 11.7. The van der Waals surface area contributed by atoms with Crippen molar-refractivity contribution in [3.63, 3.8) is 0 Å². The Labute approximate surface area is 144 Å². The number of nitrogens with one attached hydrogen (secondary N) is 1. The number of hydrogen-bond donors (Lipinski definition) is 2. The monoisotopic (exact) mass is 338 g/mol. The number of rotatable bonds is 5. The highest BCUT2D eigenvalue weighted by Crippen LogP contribution is 2.35. The summed E-state index contributed by atoms with van der Waals surface area (Å²) in [6, 6.07) is 8.76. The predicted octanol–water partition coefficient (Wildman–Crippen LogP) is 3.15. The first kappa shape index (κ1) is 15.8. The fraction of sp³-hybridized carbons (Fsp3) is 0.316. The fourth-order valence-electron chi connectivity index (χ4n) is 3.47. The zero-order valence-electron chi connectivity index (χ0n) is 14.5. The van der Waals surface area contributed by atoms with Crippen LogP contribution in [-0.2, 0) is 6.54 Å². The molecule has 4 aromatic rings. The molecular weight excluding hydrogens is 316 g/mol. The molecule has 6 heteroatoms. The van der Waals surface area contributed by atoms with Crippen molar-refractivity contribution in [2.24, 2.45) is 0 Å². The number of nitrogens with two attached hydrogens (primary N) is 1. The summed E-state index contributed by atoms with van der Waals surface area (Å²) in [5, 5.41) is 5.36. The third-order valence-electron chi connectivity index (χ3n) is 4.92. The number of H-pyrrole nitrogens is 1. The Kier molecular flexibility index (Phi) is 3.77. The fourth-order valence-corrected chi connectivity index (χ4v) is 3.47. The van der Waals surface area contributed by atoms with Gasteiger partial charge in [-0.1, -0.05) is 13.8 Å². The van der Waals surface area contributed by atoms with Gasteiger partial charge in [0.1, 0.15) is 5.58 Å². The van der Waals surface area contributed by atoms with Crippen molar-refractivity contribution in [3.05, 3.63) is 40.6 Å². The average Bonchev–Trinajstić information content (AvgIpc) is 2.98. The molecule has 0 radical (unpaired) electrons. The summed E-state index contributed by atoms with van der Waals surface area (Å²) in [7, 11) is 0. The van der Waals surface area contributed by atoms with Gasteiger partial charge in [0, 0.05) is 18.0 Å². The molecule has 3 N–H and O–H groups in total. The van der Waals surface area contributed by atoms with Crippen LogP contribution in [0, 0.1) is 0 Å². The molecule has 0 amide bonds. The summed E-state index contributed by atoms with van der Waals surface area (Å²) in [5.41, 5.74) is 9.83. The molecule has 0 aliphatic rings. The van der Waals surface area contributed by atoms with Gasteiger partial charge < -0.3 is 15.1 Å². The molecule has 0 saturated heterocycles. The van der Waals surface area contributed by atoms with Crippen LogP contribution in [0.2, 0.25) is 0 Å². The molecule has 2 aromatic carbocycles. The SMILES string of the molecule is CCN(CC)CCn1[nH]c2c3ccc(=O)cc3oc3c(N)ccc1c32. The van der Waals surface area contributed by atoms with Gasteiger partial charge in [-0.2, -0.15) is 0 Å². The number of aromatic nitrogens is 2. The molecule has 0 unspecified atom stereocenters.